The van der Waals surface area contributed by atoms with Crippen molar-refractivity contribution in [3.8, 4) is 0 Å². The van der Waals surface area contributed by atoms with Gasteiger partial charge in [-0.3, -0.25) is 0 Å². The van der Waals surface area contributed by atoms with Crippen LogP contribution >= 0.6 is 0 Å². The summed E-state index contributed by atoms with van der Waals surface area (Å²) in [4.78, 5) is 0. The van der Waals surface area contributed by atoms with Crippen LogP contribution in [0.4, 0.5) is 0 Å². The van der Waals surface area contributed by atoms with Crippen molar-refractivity contribution in [1.82, 2.24) is 5.32 Å². The Balaban J connectivity index is 1.77. The topological polar surface area (TPSA) is 30.5 Å². The zero-order valence-corrected chi connectivity index (χ0v) is 9.34. The van der Waals surface area contributed by atoms with Crippen LogP contribution in [0.3, 0.4) is 0 Å². The monoisotopic (exact) mass is 211 g/mol. The van der Waals surface area contributed by atoms with E-state index in [0.717, 1.165) is 38.7 Å². The first-order valence-corrected chi connectivity index (χ1v) is 6.36. The molecule has 1 saturated carbocycles. The lowest BCUT2D eigenvalue weighted by Crippen LogP contribution is -2.61. The zero-order chi connectivity index (χ0) is 10.1. The number of nitrogens with one attached hydrogen (secondary N) is 1. The van der Waals surface area contributed by atoms with Gasteiger partial charge in [-0.25, -0.2) is 0 Å². The van der Waals surface area contributed by atoms with E-state index in [-0.39, 0.29) is 5.60 Å². The first kappa shape index (κ1) is 10.1. The highest BCUT2D eigenvalue weighted by molar-refractivity contribution is 5.02. The third-order valence-electron chi connectivity index (χ3n) is 4.31. The highest BCUT2D eigenvalue weighted by Crippen LogP contribution is 2.39. The lowest BCUT2D eigenvalue weighted by Gasteiger charge is -2.44. The molecule has 2 aliphatic heterocycles. The van der Waals surface area contributed by atoms with Crippen LogP contribution in [0.1, 0.15) is 32.1 Å². The van der Waals surface area contributed by atoms with Gasteiger partial charge in [0.15, 0.2) is 0 Å². The fourth-order valence-electron chi connectivity index (χ4n) is 3.55. The Morgan fingerprint density at radius 2 is 2.00 bits per heavy atom. The third kappa shape index (κ3) is 1.71. The van der Waals surface area contributed by atoms with Gasteiger partial charge < -0.3 is 14.8 Å². The third-order valence-corrected chi connectivity index (χ3v) is 4.31. The molecule has 1 N–H and O–H groups in total. The molecule has 2 atom stereocenters. The van der Waals surface area contributed by atoms with Crippen LogP contribution in [-0.2, 0) is 9.47 Å². The van der Waals surface area contributed by atoms with Crippen molar-refractivity contribution in [2.75, 3.05) is 26.4 Å². The summed E-state index contributed by atoms with van der Waals surface area (Å²) in [5.74, 6) is 0.826. The van der Waals surface area contributed by atoms with Crippen LogP contribution in [0.5, 0.6) is 0 Å². The standard InChI is InChI=1S/C12H21NO2/c1-2-4-10(3-1)11-12(5-7-14-9-12)15-8-6-13-11/h10-11,13H,1-9H2. The van der Waals surface area contributed by atoms with E-state index in [2.05, 4.69) is 5.32 Å². The maximum atomic E-state index is 6.06. The minimum absolute atomic E-state index is 0.0211. The second-order valence-corrected chi connectivity index (χ2v) is 5.19. The Bertz CT molecular complexity index is 220. The molecule has 3 rings (SSSR count). The summed E-state index contributed by atoms with van der Waals surface area (Å²) in [5, 5.41) is 3.69. The molecule has 2 heterocycles. The normalized spacial score (nSPS) is 42.8. The Morgan fingerprint density at radius 1 is 1.13 bits per heavy atom. The lowest BCUT2D eigenvalue weighted by molar-refractivity contribution is -0.110. The van der Waals surface area contributed by atoms with Crippen LogP contribution in [0.25, 0.3) is 0 Å². The average Bonchev–Trinajstić information content (AvgIpc) is 2.90. The van der Waals surface area contributed by atoms with Gasteiger partial charge >= 0.3 is 0 Å². The summed E-state index contributed by atoms with van der Waals surface area (Å²) < 4.78 is 11.6. The SMILES string of the molecule is C1CCC(C2NCCOC23CCOC3)C1. The molecule has 3 aliphatic rings. The van der Waals surface area contributed by atoms with Crippen LogP contribution in [0.2, 0.25) is 0 Å². The van der Waals surface area contributed by atoms with Gasteiger partial charge in [0.1, 0.15) is 5.60 Å². The van der Waals surface area contributed by atoms with Crippen molar-refractivity contribution < 1.29 is 9.47 Å². The molecule has 1 spiro atoms. The molecule has 3 fully saturated rings. The first-order chi connectivity index (χ1) is 7.41. The molecule has 0 bridgehead atoms. The quantitative estimate of drug-likeness (QED) is 0.709. The van der Waals surface area contributed by atoms with E-state index in [1.54, 1.807) is 0 Å². The van der Waals surface area contributed by atoms with E-state index < -0.39 is 0 Å². The molecule has 2 saturated heterocycles. The molecule has 86 valence electrons. The summed E-state index contributed by atoms with van der Waals surface area (Å²) >= 11 is 0. The van der Waals surface area contributed by atoms with E-state index in [0.29, 0.717) is 6.04 Å². The summed E-state index contributed by atoms with van der Waals surface area (Å²) in [7, 11) is 0. The molecular weight excluding hydrogens is 190 g/mol. The van der Waals surface area contributed by atoms with Crippen molar-refractivity contribution >= 4 is 0 Å². The lowest BCUT2D eigenvalue weighted by atomic mass is 9.81. The Kier molecular flexibility index (Phi) is 2.71. The van der Waals surface area contributed by atoms with Gasteiger partial charge in [0.2, 0.25) is 0 Å². The van der Waals surface area contributed by atoms with Crippen molar-refractivity contribution in [2.45, 2.75) is 43.7 Å². The van der Waals surface area contributed by atoms with E-state index in [1.807, 2.05) is 0 Å². The molecule has 15 heavy (non-hydrogen) atoms. The Labute approximate surface area is 91.5 Å². The molecule has 1 aliphatic carbocycles. The largest absolute Gasteiger partial charge is 0.378 e. The summed E-state index contributed by atoms with van der Waals surface area (Å²) in [6.07, 6.45) is 6.65. The van der Waals surface area contributed by atoms with Crippen LogP contribution in [0.15, 0.2) is 0 Å². The molecule has 2 unspecified atom stereocenters. The molecule has 0 aromatic heterocycles. The minimum Gasteiger partial charge on any atom is -0.378 e. The van der Waals surface area contributed by atoms with Crippen molar-refractivity contribution in [3.63, 3.8) is 0 Å². The van der Waals surface area contributed by atoms with E-state index in [4.69, 9.17) is 9.47 Å². The second-order valence-electron chi connectivity index (χ2n) is 5.19. The Morgan fingerprint density at radius 3 is 2.73 bits per heavy atom. The van der Waals surface area contributed by atoms with Crippen molar-refractivity contribution in [1.29, 1.82) is 0 Å². The van der Waals surface area contributed by atoms with Gasteiger partial charge in [-0.15, -0.1) is 0 Å². The number of rotatable bonds is 1. The zero-order valence-electron chi connectivity index (χ0n) is 9.34. The Hall–Kier alpha value is -0.120. The fraction of sp³-hybridized carbons (Fsp3) is 1.00. The molecule has 0 aromatic rings. The minimum atomic E-state index is 0.0211. The number of hydrogen-bond donors (Lipinski definition) is 1. The summed E-state index contributed by atoms with van der Waals surface area (Å²) in [6, 6.07) is 0.552. The van der Waals surface area contributed by atoms with E-state index in [9.17, 15) is 0 Å². The number of morpholine rings is 1. The van der Waals surface area contributed by atoms with E-state index >= 15 is 0 Å². The number of ether oxygens (including phenoxy) is 2. The predicted octanol–water partition coefficient (Wildman–Crippen LogP) is 1.32. The van der Waals surface area contributed by atoms with Crippen LogP contribution in [0, 0.1) is 5.92 Å². The van der Waals surface area contributed by atoms with Gasteiger partial charge in [0.25, 0.3) is 0 Å². The van der Waals surface area contributed by atoms with Gasteiger partial charge in [0.05, 0.1) is 13.2 Å². The predicted molar refractivity (Wildman–Crippen MR) is 57.9 cm³/mol. The maximum Gasteiger partial charge on any atom is 0.109 e. The highest BCUT2D eigenvalue weighted by Gasteiger charge is 2.48. The van der Waals surface area contributed by atoms with Gasteiger partial charge in [-0.1, -0.05) is 12.8 Å². The van der Waals surface area contributed by atoms with E-state index in [1.165, 1.54) is 25.7 Å². The molecule has 0 amide bonds. The van der Waals surface area contributed by atoms with Gasteiger partial charge in [-0.2, -0.15) is 0 Å². The van der Waals surface area contributed by atoms with Crippen LogP contribution < -0.4 is 5.32 Å². The van der Waals surface area contributed by atoms with Gasteiger partial charge in [-0.05, 0) is 18.8 Å². The van der Waals surface area contributed by atoms with Crippen LogP contribution in [-0.4, -0.2) is 38.0 Å². The second kappa shape index (κ2) is 4.04. The molecular formula is C12H21NO2. The van der Waals surface area contributed by atoms with Crippen molar-refractivity contribution in [2.24, 2.45) is 5.92 Å². The summed E-state index contributed by atoms with van der Waals surface area (Å²) in [6.45, 7) is 3.56. The van der Waals surface area contributed by atoms with Crippen molar-refractivity contribution in [3.05, 3.63) is 0 Å². The molecule has 0 aromatic carbocycles. The average molecular weight is 211 g/mol. The first-order valence-electron chi connectivity index (χ1n) is 6.36. The number of hydrogen-bond acceptors (Lipinski definition) is 3. The van der Waals surface area contributed by atoms with Gasteiger partial charge in [0, 0.05) is 25.6 Å². The fourth-order valence-corrected chi connectivity index (χ4v) is 3.55. The molecule has 3 nitrogen and oxygen atoms in total. The molecule has 3 heteroatoms. The highest BCUT2D eigenvalue weighted by atomic mass is 16.6. The maximum absolute atomic E-state index is 6.06. The summed E-state index contributed by atoms with van der Waals surface area (Å²) in [5.41, 5.74) is 0.0211. The smallest absolute Gasteiger partial charge is 0.109 e. The molecule has 0 radical (unpaired) electrons.